The highest BCUT2D eigenvalue weighted by Gasteiger charge is 2.34. The van der Waals surface area contributed by atoms with E-state index in [0.29, 0.717) is 38.2 Å². The zero-order valence-electron chi connectivity index (χ0n) is 16.6. The third kappa shape index (κ3) is 8.86. The van der Waals surface area contributed by atoms with Crippen molar-refractivity contribution >= 4 is 5.96 Å². The molecule has 0 radical (unpaired) electrons. The summed E-state index contributed by atoms with van der Waals surface area (Å²) in [4.78, 5) is 8.09. The zero-order chi connectivity index (χ0) is 21.0. The number of ether oxygens (including phenoxy) is 3. The van der Waals surface area contributed by atoms with Crippen LogP contribution in [0.4, 0.5) is 13.2 Å². The molecule has 1 fully saturated rings. The molecule has 164 valence electrons. The maximum absolute atomic E-state index is 12.9. The van der Waals surface area contributed by atoms with E-state index in [0.717, 1.165) is 32.1 Å². The molecule has 2 N–H and O–H groups in total. The van der Waals surface area contributed by atoms with Crippen molar-refractivity contribution in [2.24, 2.45) is 10.9 Å². The van der Waals surface area contributed by atoms with Crippen molar-refractivity contribution in [3.8, 4) is 5.88 Å². The summed E-state index contributed by atoms with van der Waals surface area (Å²) in [6.07, 6.45) is -1.40. The van der Waals surface area contributed by atoms with E-state index in [2.05, 4.69) is 20.6 Å². The van der Waals surface area contributed by atoms with E-state index < -0.39 is 17.6 Å². The van der Waals surface area contributed by atoms with Crippen molar-refractivity contribution in [2.45, 2.75) is 25.9 Å². The fraction of sp³-hybridized carbons (Fsp3) is 0.684. The van der Waals surface area contributed by atoms with Crippen molar-refractivity contribution < 1.29 is 27.4 Å². The van der Waals surface area contributed by atoms with Crippen LogP contribution in [0.5, 0.6) is 5.88 Å². The summed E-state index contributed by atoms with van der Waals surface area (Å²) in [7, 11) is 0. The minimum Gasteiger partial charge on any atom is -0.475 e. The predicted molar refractivity (Wildman–Crippen MR) is 103 cm³/mol. The molecule has 1 atom stereocenters. The van der Waals surface area contributed by atoms with Crippen LogP contribution in [0, 0.1) is 5.92 Å². The second-order valence-corrected chi connectivity index (χ2v) is 6.55. The lowest BCUT2D eigenvalue weighted by molar-refractivity contribution is -0.139. The second kappa shape index (κ2) is 12.5. The van der Waals surface area contributed by atoms with Crippen LogP contribution in [0.3, 0.4) is 0 Å². The lowest BCUT2D eigenvalue weighted by atomic mass is 10.1. The van der Waals surface area contributed by atoms with Gasteiger partial charge in [-0.3, -0.25) is 4.99 Å². The number of nitrogens with one attached hydrogen (secondary N) is 2. The first-order valence-electron chi connectivity index (χ1n) is 9.83. The third-order valence-corrected chi connectivity index (χ3v) is 4.15. The van der Waals surface area contributed by atoms with E-state index in [1.165, 1.54) is 12.3 Å². The van der Waals surface area contributed by atoms with Gasteiger partial charge in [0.25, 0.3) is 0 Å². The third-order valence-electron chi connectivity index (χ3n) is 4.15. The van der Waals surface area contributed by atoms with Gasteiger partial charge in [-0.2, -0.15) is 13.2 Å². The predicted octanol–water partition coefficient (Wildman–Crippen LogP) is 2.48. The summed E-state index contributed by atoms with van der Waals surface area (Å²) in [5.74, 6) is 0.653. The van der Waals surface area contributed by atoms with E-state index >= 15 is 0 Å². The van der Waals surface area contributed by atoms with Crippen LogP contribution in [0.2, 0.25) is 0 Å². The molecule has 1 unspecified atom stereocenters. The highest BCUT2D eigenvalue weighted by Crippen LogP contribution is 2.34. The summed E-state index contributed by atoms with van der Waals surface area (Å²) in [5, 5.41) is 6.12. The molecule has 1 aromatic heterocycles. The van der Waals surface area contributed by atoms with Gasteiger partial charge < -0.3 is 24.8 Å². The number of aliphatic imine (C=N–C) groups is 1. The van der Waals surface area contributed by atoms with E-state index in [9.17, 15) is 13.2 Å². The fourth-order valence-corrected chi connectivity index (χ4v) is 2.70. The first kappa shape index (κ1) is 23.2. The highest BCUT2D eigenvalue weighted by molar-refractivity contribution is 5.79. The van der Waals surface area contributed by atoms with Crippen molar-refractivity contribution in [1.29, 1.82) is 0 Å². The topological polar surface area (TPSA) is 77.0 Å². The van der Waals surface area contributed by atoms with Gasteiger partial charge in [0.2, 0.25) is 5.88 Å². The van der Waals surface area contributed by atoms with Gasteiger partial charge in [-0.1, -0.05) is 0 Å². The molecular weight excluding hydrogens is 389 g/mol. The van der Waals surface area contributed by atoms with E-state index in [4.69, 9.17) is 14.2 Å². The van der Waals surface area contributed by atoms with Crippen LogP contribution in [0.15, 0.2) is 23.3 Å². The Labute approximate surface area is 169 Å². The molecule has 1 aliphatic heterocycles. The minimum absolute atomic E-state index is 0.0249. The van der Waals surface area contributed by atoms with Crippen LogP contribution >= 0.6 is 0 Å². The molecule has 0 aromatic carbocycles. The summed E-state index contributed by atoms with van der Waals surface area (Å²) >= 11 is 0. The molecule has 1 aromatic rings. The number of hydrogen-bond donors (Lipinski definition) is 2. The summed E-state index contributed by atoms with van der Waals surface area (Å²) in [6.45, 7) is 6.43. The lowest BCUT2D eigenvalue weighted by Crippen LogP contribution is -2.39. The molecule has 10 heteroatoms. The number of guanidine groups is 1. The molecule has 1 saturated heterocycles. The Morgan fingerprint density at radius 2 is 2.21 bits per heavy atom. The van der Waals surface area contributed by atoms with E-state index in [1.54, 1.807) is 0 Å². The van der Waals surface area contributed by atoms with Gasteiger partial charge in [0, 0.05) is 38.4 Å². The number of alkyl halides is 3. The largest absolute Gasteiger partial charge is 0.475 e. The van der Waals surface area contributed by atoms with Gasteiger partial charge in [0.1, 0.15) is 12.2 Å². The van der Waals surface area contributed by atoms with Crippen LogP contribution < -0.4 is 15.4 Å². The average molecular weight is 418 g/mol. The Morgan fingerprint density at radius 1 is 1.34 bits per heavy atom. The van der Waals surface area contributed by atoms with Gasteiger partial charge >= 0.3 is 6.18 Å². The molecular formula is C19H29F3N4O3. The van der Waals surface area contributed by atoms with Crippen molar-refractivity contribution in [3.05, 3.63) is 23.9 Å². The maximum atomic E-state index is 12.9. The van der Waals surface area contributed by atoms with Crippen LogP contribution in [-0.4, -0.2) is 63.6 Å². The smallest absolute Gasteiger partial charge is 0.421 e. The standard InChI is InChI=1S/C19H29F3N4O3/c1-2-23-18(25-8-4-10-27-13-15-6-11-28-14-15)26-9-12-29-17-16(19(20,21)22)5-3-7-24-17/h3,5,7,15H,2,4,6,8-14H2,1H3,(H2,23,25,26). The van der Waals surface area contributed by atoms with Crippen LogP contribution in [0.25, 0.3) is 0 Å². The lowest BCUT2D eigenvalue weighted by Gasteiger charge is -2.14. The summed E-state index contributed by atoms with van der Waals surface area (Å²) < 4.78 is 54.9. The molecule has 29 heavy (non-hydrogen) atoms. The number of halogens is 3. The SMILES string of the molecule is CCNC(=NCCCOCC1CCOC1)NCCOc1ncccc1C(F)(F)F. The Hall–Kier alpha value is -2.07. The molecule has 1 aliphatic rings. The highest BCUT2D eigenvalue weighted by atomic mass is 19.4. The molecule has 0 aliphatic carbocycles. The van der Waals surface area contributed by atoms with Gasteiger partial charge in [-0.15, -0.1) is 0 Å². The Balaban J connectivity index is 1.66. The maximum Gasteiger partial charge on any atom is 0.421 e. The first-order chi connectivity index (χ1) is 14.0. The van der Waals surface area contributed by atoms with Crippen LogP contribution in [-0.2, 0) is 15.7 Å². The average Bonchev–Trinajstić information content (AvgIpc) is 3.20. The van der Waals surface area contributed by atoms with Crippen molar-refractivity contribution in [2.75, 3.05) is 52.7 Å². The van der Waals surface area contributed by atoms with Crippen molar-refractivity contribution in [3.63, 3.8) is 0 Å². The Morgan fingerprint density at radius 3 is 2.93 bits per heavy atom. The number of nitrogens with zero attached hydrogens (tertiary/aromatic N) is 2. The summed E-state index contributed by atoms with van der Waals surface area (Å²) in [5.41, 5.74) is -0.884. The fourth-order valence-electron chi connectivity index (χ4n) is 2.70. The van der Waals surface area contributed by atoms with Gasteiger partial charge in [0.05, 0.1) is 19.8 Å². The first-order valence-corrected chi connectivity index (χ1v) is 9.83. The van der Waals surface area contributed by atoms with Crippen molar-refractivity contribution in [1.82, 2.24) is 15.6 Å². The molecule has 0 amide bonds. The van der Waals surface area contributed by atoms with Gasteiger partial charge in [-0.05, 0) is 31.9 Å². The number of aromatic nitrogens is 1. The van der Waals surface area contributed by atoms with E-state index in [1.807, 2.05) is 6.92 Å². The quantitative estimate of drug-likeness (QED) is 0.327. The van der Waals surface area contributed by atoms with Gasteiger partial charge in [0.15, 0.2) is 5.96 Å². The summed E-state index contributed by atoms with van der Waals surface area (Å²) in [6, 6.07) is 2.18. The Bertz CT molecular complexity index is 623. The molecule has 7 nitrogen and oxygen atoms in total. The molecule has 2 heterocycles. The zero-order valence-corrected chi connectivity index (χ0v) is 16.6. The molecule has 0 bridgehead atoms. The Kier molecular flexibility index (Phi) is 9.99. The van der Waals surface area contributed by atoms with Gasteiger partial charge in [-0.25, -0.2) is 4.98 Å². The normalized spacial score (nSPS) is 17.4. The second-order valence-electron chi connectivity index (χ2n) is 6.55. The monoisotopic (exact) mass is 418 g/mol. The number of rotatable bonds is 11. The minimum atomic E-state index is -4.50. The molecule has 0 spiro atoms. The number of pyridine rings is 1. The number of hydrogen-bond acceptors (Lipinski definition) is 5. The molecule has 2 rings (SSSR count). The van der Waals surface area contributed by atoms with E-state index in [-0.39, 0.29) is 13.2 Å². The molecule has 0 saturated carbocycles. The van der Waals surface area contributed by atoms with Crippen LogP contribution in [0.1, 0.15) is 25.3 Å².